The van der Waals surface area contributed by atoms with Crippen LogP contribution < -0.4 is 5.73 Å². The molecule has 0 aromatic heterocycles. The lowest BCUT2D eigenvalue weighted by Crippen LogP contribution is -2.53. The first-order valence-electron chi connectivity index (χ1n) is 6.09. The van der Waals surface area contributed by atoms with E-state index in [-0.39, 0.29) is 24.2 Å². The van der Waals surface area contributed by atoms with Crippen LogP contribution >= 0.6 is 0 Å². The molecule has 0 saturated heterocycles. The molecule has 1 rings (SSSR count). The molecule has 0 spiro atoms. The second kappa shape index (κ2) is 5.96. The lowest BCUT2D eigenvalue weighted by atomic mass is 9.68. The van der Waals surface area contributed by atoms with Gasteiger partial charge in [-0.05, 0) is 38.0 Å². The van der Waals surface area contributed by atoms with Crippen molar-refractivity contribution in [1.82, 2.24) is 0 Å². The van der Waals surface area contributed by atoms with Crippen LogP contribution in [0.25, 0.3) is 0 Å². The first-order chi connectivity index (χ1) is 8.05. The van der Waals surface area contributed by atoms with Crippen molar-refractivity contribution in [3.8, 4) is 0 Å². The van der Waals surface area contributed by atoms with Crippen molar-refractivity contribution in [2.75, 3.05) is 6.61 Å². The van der Waals surface area contributed by atoms with E-state index < -0.39 is 5.54 Å². The summed E-state index contributed by atoms with van der Waals surface area (Å²) in [6, 6.07) is 0. The van der Waals surface area contributed by atoms with Gasteiger partial charge >= 0.3 is 5.97 Å². The Kier molecular flexibility index (Phi) is 4.87. The summed E-state index contributed by atoms with van der Waals surface area (Å²) in [5, 5.41) is 0. The third-order valence-corrected chi connectivity index (χ3v) is 3.53. The fraction of sp³-hybridized carbons (Fsp3) is 0.692. The van der Waals surface area contributed by atoms with E-state index in [9.17, 15) is 9.59 Å². The molecule has 0 aromatic carbocycles. The molecule has 4 nitrogen and oxygen atoms in total. The van der Waals surface area contributed by atoms with Crippen molar-refractivity contribution < 1.29 is 14.3 Å². The fourth-order valence-electron chi connectivity index (χ4n) is 2.47. The van der Waals surface area contributed by atoms with Crippen LogP contribution in [0.1, 0.15) is 32.6 Å². The summed E-state index contributed by atoms with van der Waals surface area (Å²) < 4.78 is 4.91. The van der Waals surface area contributed by atoms with Gasteiger partial charge in [-0.1, -0.05) is 6.08 Å². The van der Waals surface area contributed by atoms with E-state index in [1.165, 1.54) is 0 Å². The van der Waals surface area contributed by atoms with E-state index in [2.05, 4.69) is 6.58 Å². The monoisotopic (exact) mass is 239 g/mol. The summed E-state index contributed by atoms with van der Waals surface area (Å²) in [6.07, 6.45) is 5.13. The first-order valence-corrected chi connectivity index (χ1v) is 6.09. The highest BCUT2D eigenvalue weighted by Gasteiger charge is 2.41. The van der Waals surface area contributed by atoms with Gasteiger partial charge in [0.25, 0.3) is 0 Å². The van der Waals surface area contributed by atoms with Crippen molar-refractivity contribution in [1.29, 1.82) is 0 Å². The molecule has 0 bridgehead atoms. The summed E-state index contributed by atoms with van der Waals surface area (Å²) >= 11 is 0. The summed E-state index contributed by atoms with van der Waals surface area (Å²) in [6.45, 7) is 5.86. The molecule has 2 N–H and O–H groups in total. The van der Waals surface area contributed by atoms with E-state index in [4.69, 9.17) is 10.5 Å². The van der Waals surface area contributed by atoms with Gasteiger partial charge in [-0.15, -0.1) is 6.58 Å². The largest absolute Gasteiger partial charge is 0.466 e. The Balaban J connectivity index is 2.67. The van der Waals surface area contributed by atoms with Gasteiger partial charge in [0.15, 0.2) is 0 Å². The Labute approximate surface area is 102 Å². The van der Waals surface area contributed by atoms with Gasteiger partial charge in [-0.25, -0.2) is 0 Å². The Morgan fingerprint density at radius 3 is 2.82 bits per heavy atom. The second-order valence-corrected chi connectivity index (χ2v) is 4.71. The normalized spacial score (nSPS) is 32.8. The summed E-state index contributed by atoms with van der Waals surface area (Å²) in [7, 11) is 0. The molecule has 1 aliphatic carbocycles. The molecule has 4 heteroatoms. The molecule has 0 aromatic rings. The maximum atomic E-state index is 11.5. The Morgan fingerprint density at radius 1 is 1.59 bits per heavy atom. The maximum absolute atomic E-state index is 11.5. The highest BCUT2D eigenvalue weighted by atomic mass is 16.5. The van der Waals surface area contributed by atoms with Gasteiger partial charge in [0.1, 0.15) is 6.29 Å². The van der Waals surface area contributed by atoms with Crippen LogP contribution in [0.15, 0.2) is 12.7 Å². The third-order valence-electron chi connectivity index (χ3n) is 3.53. The molecule has 1 saturated carbocycles. The predicted octanol–water partition coefficient (Wildman–Crippen LogP) is 1.44. The number of aldehydes is 1. The minimum absolute atomic E-state index is 0.116. The molecule has 0 heterocycles. The number of rotatable bonds is 5. The fourth-order valence-corrected chi connectivity index (χ4v) is 2.47. The molecular weight excluding hydrogens is 218 g/mol. The predicted molar refractivity (Wildman–Crippen MR) is 65.3 cm³/mol. The van der Waals surface area contributed by atoms with E-state index in [1.807, 2.05) is 6.08 Å². The first kappa shape index (κ1) is 13.9. The van der Waals surface area contributed by atoms with Gasteiger partial charge < -0.3 is 15.3 Å². The van der Waals surface area contributed by atoms with Crippen molar-refractivity contribution in [2.24, 2.45) is 17.6 Å². The van der Waals surface area contributed by atoms with Crippen LogP contribution in [-0.4, -0.2) is 24.4 Å². The molecule has 3 unspecified atom stereocenters. The smallest absolute Gasteiger partial charge is 0.306 e. The van der Waals surface area contributed by atoms with E-state index in [0.717, 1.165) is 19.1 Å². The summed E-state index contributed by atoms with van der Waals surface area (Å²) in [4.78, 5) is 22.6. The summed E-state index contributed by atoms with van der Waals surface area (Å²) in [5.41, 5.74) is 5.18. The summed E-state index contributed by atoms with van der Waals surface area (Å²) in [5.74, 6) is -0.120. The van der Waals surface area contributed by atoms with Crippen molar-refractivity contribution in [3.05, 3.63) is 12.7 Å². The van der Waals surface area contributed by atoms with Gasteiger partial charge in [0.05, 0.1) is 18.6 Å². The number of allylic oxidation sites excluding steroid dienone is 1. The Hall–Kier alpha value is -1.16. The number of esters is 1. The standard InChI is InChI=1S/C13H21NO3/c1-3-10-5-6-11(7-12(16)17-4-2)13(14,8-10)9-15/h3,9-11H,1,4-8,14H2,2H3. The molecule has 1 fully saturated rings. The quantitative estimate of drug-likeness (QED) is 0.448. The zero-order valence-electron chi connectivity index (χ0n) is 10.4. The molecule has 3 atom stereocenters. The lowest BCUT2D eigenvalue weighted by Gasteiger charge is -2.39. The van der Waals surface area contributed by atoms with Gasteiger partial charge in [0, 0.05) is 0 Å². The molecule has 17 heavy (non-hydrogen) atoms. The minimum Gasteiger partial charge on any atom is -0.466 e. The van der Waals surface area contributed by atoms with E-state index >= 15 is 0 Å². The second-order valence-electron chi connectivity index (χ2n) is 4.71. The zero-order chi connectivity index (χ0) is 12.9. The van der Waals surface area contributed by atoms with Crippen molar-refractivity contribution >= 4 is 12.3 Å². The third kappa shape index (κ3) is 3.40. The molecule has 0 amide bonds. The Bertz CT molecular complexity index is 303. The number of hydrogen-bond donors (Lipinski definition) is 1. The van der Waals surface area contributed by atoms with Crippen LogP contribution in [0.3, 0.4) is 0 Å². The van der Waals surface area contributed by atoms with Crippen LogP contribution in [0.5, 0.6) is 0 Å². The lowest BCUT2D eigenvalue weighted by molar-refractivity contribution is -0.145. The SMILES string of the molecule is C=CC1CCC(CC(=O)OCC)C(N)(C=O)C1. The van der Waals surface area contributed by atoms with Crippen LogP contribution in [0, 0.1) is 11.8 Å². The number of ether oxygens (including phenoxy) is 1. The molecule has 1 aliphatic rings. The minimum atomic E-state index is -0.913. The average Bonchev–Trinajstić information content (AvgIpc) is 2.32. The molecule has 0 aliphatic heterocycles. The maximum Gasteiger partial charge on any atom is 0.306 e. The van der Waals surface area contributed by atoms with Gasteiger partial charge in [0.2, 0.25) is 0 Å². The highest BCUT2D eigenvalue weighted by molar-refractivity contribution is 5.72. The topological polar surface area (TPSA) is 69.4 Å². The molecule has 96 valence electrons. The number of hydrogen-bond acceptors (Lipinski definition) is 4. The zero-order valence-corrected chi connectivity index (χ0v) is 10.4. The van der Waals surface area contributed by atoms with Crippen LogP contribution in [0.4, 0.5) is 0 Å². The van der Waals surface area contributed by atoms with Gasteiger partial charge in [-0.3, -0.25) is 4.79 Å². The molecular formula is C13H21NO3. The average molecular weight is 239 g/mol. The van der Waals surface area contributed by atoms with Crippen LogP contribution in [-0.2, 0) is 14.3 Å². The van der Waals surface area contributed by atoms with E-state index in [1.54, 1.807) is 6.92 Å². The number of carbonyl (C=O) groups is 2. The number of nitrogens with two attached hydrogens (primary N) is 1. The van der Waals surface area contributed by atoms with E-state index in [0.29, 0.717) is 13.0 Å². The Morgan fingerprint density at radius 2 is 2.29 bits per heavy atom. The van der Waals surface area contributed by atoms with Crippen molar-refractivity contribution in [3.63, 3.8) is 0 Å². The number of carbonyl (C=O) groups excluding carboxylic acids is 2. The highest BCUT2D eigenvalue weighted by Crippen LogP contribution is 2.37. The van der Waals surface area contributed by atoms with Crippen LogP contribution in [0.2, 0.25) is 0 Å². The van der Waals surface area contributed by atoms with Gasteiger partial charge in [-0.2, -0.15) is 0 Å². The molecule has 0 radical (unpaired) electrons. The van der Waals surface area contributed by atoms with Crippen molar-refractivity contribution in [2.45, 2.75) is 38.1 Å².